The fourth-order valence-electron chi connectivity index (χ4n) is 2.55. The molecule has 0 amide bonds. The molecule has 2 heterocycles. The Morgan fingerprint density at radius 2 is 1.83 bits per heavy atom. The minimum atomic E-state index is 0.787. The average Bonchev–Trinajstić information content (AvgIpc) is 3.17. The van der Waals surface area contributed by atoms with Gasteiger partial charge in [0, 0.05) is 9.85 Å². The molecular formula is C17H12BrN3OS. The monoisotopic (exact) mass is 385 g/mol. The van der Waals surface area contributed by atoms with E-state index in [-0.39, 0.29) is 0 Å². The molecule has 0 bridgehead atoms. The maximum atomic E-state index is 5.47. The minimum Gasteiger partial charge on any atom is -0.496 e. The number of para-hydroxylation sites is 1. The molecule has 0 saturated carbocycles. The largest absolute Gasteiger partial charge is 0.496 e. The van der Waals surface area contributed by atoms with E-state index in [1.807, 2.05) is 36.4 Å². The molecule has 0 aliphatic carbocycles. The van der Waals surface area contributed by atoms with Crippen molar-refractivity contribution >= 4 is 32.2 Å². The van der Waals surface area contributed by atoms with Crippen LogP contribution < -0.4 is 4.74 Å². The van der Waals surface area contributed by atoms with E-state index >= 15 is 0 Å². The molecule has 6 heteroatoms. The third kappa shape index (κ3) is 2.44. The van der Waals surface area contributed by atoms with Gasteiger partial charge < -0.3 is 4.74 Å². The summed E-state index contributed by atoms with van der Waals surface area (Å²) >= 11 is 5.05. The number of nitrogens with zero attached hydrogens (tertiary/aromatic N) is 3. The van der Waals surface area contributed by atoms with Gasteiger partial charge in [-0.2, -0.15) is 0 Å². The molecule has 2 aromatic heterocycles. The van der Waals surface area contributed by atoms with E-state index in [0.717, 1.165) is 37.8 Å². The highest BCUT2D eigenvalue weighted by Crippen LogP contribution is 2.34. The number of hydrogen-bond donors (Lipinski definition) is 0. The second kappa shape index (κ2) is 5.79. The molecule has 4 nitrogen and oxygen atoms in total. The van der Waals surface area contributed by atoms with Gasteiger partial charge in [0.2, 0.25) is 4.96 Å². The highest BCUT2D eigenvalue weighted by atomic mass is 79.9. The van der Waals surface area contributed by atoms with Gasteiger partial charge in [-0.05, 0) is 29.8 Å². The fraction of sp³-hybridized carbons (Fsp3) is 0.0588. The summed E-state index contributed by atoms with van der Waals surface area (Å²) in [7, 11) is 1.67. The number of methoxy groups -OCH3 is 1. The van der Waals surface area contributed by atoms with Gasteiger partial charge in [0.15, 0.2) is 5.82 Å². The van der Waals surface area contributed by atoms with E-state index in [9.17, 15) is 0 Å². The smallest absolute Gasteiger partial charge is 0.216 e. The summed E-state index contributed by atoms with van der Waals surface area (Å²) in [5, 5.41) is 10.8. The summed E-state index contributed by atoms with van der Waals surface area (Å²) in [6.45, 7) is 0. The van der Waals surface area contributed by atoms with E-state index in [0.29, 0.717) is 0 Å². The highest BCUT2D eigenvalue weighted by molar-refractivity contribution is 9.10. The molecule has 0 aliphatic heterocycles. The van der Waals surface area contributed by atoms with Gasteiger partial charge in [-0.25, -0.2) is 0 Å². The SMILES string of the molecule is COc1ccccc1-c1nnc2scc(-c3ccc(Br)cc3)n12. The van der Waals surface area contributed by atoms with Crippen LogP contribution in [0, 0.1) is 0 Å². The first-order valence-corrected chi connectivity index (χ1v) is 8.67. The zero-order chi connectivity index (χ0) is 15.8. The summed E-state index contributed by atoms with van der Waals surface area (Å²) in [5.74, 6) is 1.58. The number of benzene rings is 2. The number of halogens is 1. The normalized spacial score (nSPS) is 11.0. The molecule has 2 aromatic carbocycles. The van der Waals surface area contributed by atoms with Crippen molar-refractivity contribution in [1.29, 1.82) is 0 Å². The molecule has 0 N–H and O–H groups in total. The lowest BCUT2D eigenvalue weighted by atomic mass is 10.1. The van der Waals surface area contributed by atoms with E-state index in [4.69, 9.17) is 4.74 Å². The topological polar surface area (TPSA) is 39.4 Å². The van der Waals surface area contributed by atoms with Crippen LogP contribution in [-0.2, 0) is 0 Å². The number of ether oxygens (including phenoxy) is 1. The Morgan fingerprint density at radius 1 is 1.04 bits per heavy atom. The van der Waals surface area contributed by atoms with Crippen molar-refractivity contribution in [3.63, 3.8) is 0 Å². The van der Waals surface area contributed by atoms with E-state index in [1.165, 1.54) is 0 Å². The van der Waals surface area contributed by atoms with Crippen LogP contribution in [0.2, 0.25) is 0 Å². The van der Waals surface area contributed by atoms with Crippen LogP contribution in [0.25, 0.3) is 27.6 Å². The van der Waals surface area contributed by atoms with Crippen LogP contribution in [0.4, 0.5) is 0 Å². The Balaban J connectivity index is 1.96. The zero-order valence-electron chi connectivity index (χ0n) is 12.2. The van der Waals surface area contributed by atoms with Gasteiger partial charge in [-0.15, -0.1) is 21.5 Å². The third-order valence-corrected chi connectivity index (χ3v) is 4.98. The Labute approximate surface area is 145 Å². The van der Waals surface area contributed by atoms with Gasteiger partial charge in [0.05, 0.1) is 18.4 Å². The molecule has 4 rings (SSSR count). The van der Waals surface area contributed by atoms with Crippen LogP contribution in [-0.4, -0.2) is 21.7 Å². The van der Waals surface area contributed by atoms with Crippen LogP contribution in [0.3, 0.4) is 0 Å². The molecule has 0 atom stereocenters. The van der Waals surface area contributed by atoms with Gasteiger partial charge in [0.1, 0.15) is 5.75 Å². The summed E-state index contributed by atoms with van der Waals surface area (Å²) in [5.41, 5.74) is 3.12. The average molecular weight is 386 g/mol. The van der Waals surface area contributed by atoms with E-state index in [1.54, 1.807) is 18.4 Å². The Morgan fingerprint density at radius 3 is 2.61 bits per heavy atom. The van der Waals surface area contributed by atoms with Crippen LogP contribution in [0.5, 0.6) is 5.75 Å². The quantitative estimate of drug-likeness (QED) is 0.503. The number of fused-ring (bicyclic) bond motifs is 1. The number of rotatable bonds is 3. The van der Waals surface area contributed by atoms with E-state index in [2.05, 4.69) is 48.0 Å². The lowest BCUT2D eigenvalue weighted by Gasteiger charge is -2.07. The minimum absolute atomic E-state index is 0.787. The molecule has 23 heavy (non-hydrogen) atoms. The molecule has 0 spiro atoms. The third-order valence-electron chi connectivity index (χ3n) is 3.64. The lowest BCUT2D eigenvalue weighted by molar-refractivity contribution is 0.416. The van der Waals surface area contributed by atoms with Crippen molar-refractivity contribution in [3.8, 4) is 28.4 Å². The molecule has 0 unspecified atom stereocenters. The standard InChI is InChI=1S/C17H12BrN3OS/c1-22-15-5-3-2-4-13(15)16-19-20-17-21(16)14(10-23-17)11-6-8-12(18)9-7-11/h2-10H,1H3. The van der Waals surface area contributed by atoms with Crippen LogP contribution >= 0.6 is 27.3 Å². The predicted molar refractivity (Wildman–Crippen MR) is 96.0 cm³/mol. The summed E-state index contributed by atoms with van der Waals surface area (Å²) < 4.78 is 8.60. The first-order valence-electron chi connectivity index (χ1n) is 7.00. The van der Waals surface area contributed by atoms with Crippen molar-refractivity contribution in [2.24, 2.45) is 0 Å². The molecule has 0 radical (unpaired) electrons. The van der Waals surface area contributed by atoms with Crippen molar-refractivity contribution in [1.82, 2.24) is 14.6 Å². The first kappa shape index (κ1) is 14.4. The van der Waals surface area contributed by atoms with Crippen LogP contribution in [0.15, 0.2) is 58.4 Å². The van der Waals surface area contributed by atoms with Crippen LogP contribution in [0.1, 0.15) is 0 Å². The Hall–Kier alpha value is -2.18. The van der Waals surface area contributed by atoms with Crippen molar-refractivity contribution in [2.45, 2.75) is 0 Å². The van der Waals surface area contributed by atoms with Crippen molar-refractivity contribution < 1.29 is 4.74 Å². The lowest BCUT2D eigenvalue weighted by Crippen LogP contribution is -1.94. The maximum absolute atomic E-state index is 5.47. The Bertz CT molecular complexity index is 975. The molecular weight excluding hydrogens is 374 g/mol. The van der Waals surface area contributed by atoms with Crippen molar-refractivity contribution in [3.05, 3.63) is 58.4 Å². The zero-order valence-corrected chi connectivity index (χ0v) is 14.6. The Kier molecular flexibility index (Phi) is 3.63. The summed E-state index contributed by atoms with van der Waals surface area (Å²) in [4.78, 5) is 0.865. The molecule has 114 valence electrons. The first-order chi connectivity index (χ1) is 11.3. The van der Waals surface area contributed by atoms with Gasteiger partial charge in [-0.3, -0.25) is 4.40 Å². The molecule has 0 saturated heterocycles. The molecule has 4 aromatic rings. The van der Waals surface area contributed by atoms with Gasteiger partial charge in [-0.1, -0.05) is 40.2 Å². The number of hydrogen-bond acceptors (Lipinski definition) is 4. The number of thiazole rings is 1. The van der Waals surface area contributed by atoms with Gasteiger partial charge >= 0.3 is 0 Å². The predicted octanol–water partition coefficient (Wildman–Crippen LogP) is 4.90. The highest BCUT2D eigenvalue weighted by Gasteiger charge is 2.17. The second-order valence-electron chi connectivity index (χ2n) is 4.97. The second-order valence-corrected chi connectivity index (χ2v) is 6.72. The molecule has 0 fully saturated rings. The summed E-state index contributed by atoms with van der Waals surface area (Å²) in [6.07, 6.45) is 0. The molecule has 0 aliphatic rings. The number of aromatic nitrogens is 3. The summed E-state index contributed by atoms with van der Waals surface area (Å²) in [6, 6.07) is 16.1. The van der Waals surface area contributed by atoms with Gasteiger partial charge in [0.25, 0.3) is 0 Å². The van der Waals surface area contributed by atoms with Crippen molar-refractivity contribution in [2.75, 3.05) is 7.11 Å². The maximum Gasteiger partial charge on any atom is 0.216 e. The van der Waals surface area contributed by atoms with E-state index < -0.39 is 0 Å². The fourth-order valence-corrected chi connectivity index (χ4v) is 3.65.